The summed E-state index contributed by atoms with van der Waals surface area (Å²) in [5, 5.41) is 0. The van der Waals surface area contributed by atoms with Crippen LogP contribution in [0.1, 0.15) is 44.0 Å². The number of amides is 2. The highest BCUT2D eigenvalue weighted by molar-refractivity contribution is 5.96. The molecule has 0 saturated heterocycles. The van der Waals surface area contributed by atoms with E-state index < -0.39 is 0 Å². The quantitative estimate of drug-likeness (QED) is 0.654. The summed E-state index contributed by atoms with van der Waals surface area (Å²) in [4.78, 5) is 32.6. The molecule has 3 aromatic rings. The second-order valence-electron chi connectivity index (χ2n) is 6.76. The van der Waals surface area contributed by atoms with Crippen LogP contribution in [0.5, 0.6) is 0 Å². The van der Waals surface area contributed by atoms with Gasteiger partial charge >= 0.3 is 0 Å². The summed E-state index contributed by atoms with van der Waals surface area (Å²) < 4.78 is 11.0. The Labute approximate surface area is 163 Å². The maximum absolute atomic E-state index is 12.7. The van der Waals surface area contributed by atoms with E-state index in [1.807, 2.05) is 38.1 Å². The standard InChI is InChI=1S/C21H23N3O4/c1-14-8-10-16(27-14)12-23(3)20(25)18-6-5-7-19(22-18)21(26)24(4)13-17-11-9-15(2)28-17/h5-11H,12-13H2,1-4H3. The van der Waals surface area contributed by atoms with Gasteiger partial charge in [-0.25, -0.2) is 4.98 Å². The molecule has 7 heteroatoms. The maximum Gasteiger partial charge on any atom is 0.272 e. The largest absolute Gasteiger partial charge is 0.464 e. The molecule has 0 unspecified atom stereocenters. The first-order valence-corrected chi connectivity index (χ1v) is 8.92. The van der Waals surface area contributed by atoms with Gasteiger partial charge in [0.2, 0.25) is 0 Å². The zero-order valence-corrected chi connectivity index (χ0v) is 16.4. The van der Waals surface area contributed by atoms with E-state index in [1.54, 1.807) is 32.3 Å². The Hall–Kier alpha value is -3.35. The monoisotopic (exact) mass is 381 g/mol. The minimum Gasteiger partial charge on any atom is -0.464 e. The number of rotatable bonds is 6. The molecule has 3 aromatic heterocycles. The third kappa shape index (κ3) is 4.49. The Morgan fingerprint density at radius 2 is 1.21 bits per heavy atom. The van der Waals surface area contributed by atoms with Crippen molar-refractivity contribution in [3.63, 3.8) is 0 Å². The lowest BCUT2D eigenvalue weighted by Crippen LogP contribution is -2.29. The highest BCUT2D eigenvalue weighted by atomic mass is 16.3. The third-order valence-corrected chi connectivity index (χ3v) is 4.26. The Kier molecular flexibility index (Phi) is 5.63. The molecule has 0 aliphatic carbocycles. The second kappa shape index (κ2) is 8.12. The van der Waals surface area contributed by atoms with Crippen LogP contribution >= 0.6 is 0 Å². The van der Waals surface area contributed by atoms with Gasteiger partial charge in [0.05, 0.1) is 13.1 Å². The van der Waals surface area contributed by atoms with Crippen LogP contribution in [-0.4, -0.2) is 40.7 Å². The molecule has 0 atom stereocenters. The van der Waals surface area contributed by atoms with Crippen LogP contribution in [0.3, 0.4) is 0 Å². The fourth-order valence-corrected chi connectivity index (χ4v) is 2.82. The summed E-state index contributed by atoms with van der Waals surface area (Å²) in [6.07, 6.45) is 0. The first-order chi connectivity index (χ1) is 13.3. The number of carbonyl (C=O) groups is 2. The van der Waals surface area contributed by atoms with Gasteiger partial charge in [-0.1, -0.05) is 6.07 Å². The van der Waals surface area contributed by atoms with Gasteiger partial charge in [-0.05, 0) is 50.2 Å². The van der Waals surface area contributed by atoms with Crippen molar-refractivity contribution in [1.29, 1.82) is 0 Å². The number of carbonyl (C=O) groups excluding carboxylic acids is 2. The van der Waals surface area contributed by atoms with Crippen molar-refractivity contribution in [2.24, 2.45) is 0 Å². The van der Waals surface area contributed by atoms with Crippen molar-refractivity contribution in [2.75, 3.05) is 14.1 Å². The van der Waals surface area contributed by atoms with Crippen LogP contribution < -0.4 is 0 Å². The van der Waals surface area contributed by atoms with E-state index >= 15 is 0 Å². The molecule has 3 rings (SSSR count). The van der Waals surface area contributed by atoms with Crippen molar-refractivity contribution in [3.8, 4) is 0 Å². The lowest BCUT2D eigenvalue weighted by Gasteiger charge is -2.17. The number of pyridine rings is 1. The molecule has 146 valence electrons. The van der Waals surface area contributed by atoms with Crippen LogP contribution in [-0.2, 0) is 13.1 Å². The lowest BCUT2D eigenvalue weighted by atomic mass is 10.2. The SMILES string of the molecule is Cc1ccc(CN(C)C(=O)c2cccc(C(=O)N(C)Cc3ccc(C)o3)n2)o1. The summed E-state index contributed by atoms with van der Waals surface area (Å²) >= 11 is 0. The number of hydrogen-bond acceptors (Lipinski definition) is 5. The van der Waals surface area contributed by atoms with Crippen LogP contribution in [0.2, 0.25) is 0 Å². The first kappa shape index (κ1) is 19.4. The molecule has 3 heterocycles. The number of aromatic nitrogens is 1. The lowest BCUT2D eigenvalue weighted by molar-refractivity contribution is 0.0761. The molecule has 0 fully saturated rings. The average Bonchev–Trinajstić information content (AvgIpc) is 3.28. The van der Waals surface area contributed by atoms with Gasteiger partial charge in [0, 0.05) is 14.1 Å². The Balaban J connectivity index is 1.69. The number of nitrogens with zero attached hydrogens (tertiary/aromatic N) is 3. The van der Waals surface area contributed by atoms with E-state index in [9.17, 15) is 9.59 Å². The van der Waals surface area contributed by atoms with Crippen molar-refractivity contribution < 1.29 is 18.4 Å². The normalized spacial score (nSPS) is 10.7. The summed E-state index contributed by atoms with van der Waals surface area (Å²) in [7, 11) is 3.34. The van der Waals surface area contributed by atoms with E-state index in [-0.39, 0.29) is 23.2 Å². The third-order valence-electron chi connectivity index (χ3n) is 4.26. The second-order valence-corrected chi connectivity index (χ2v) is 6.76. The smallest absolute Gasteiger partial charge is 0.272 e. The number of aryl methyl sites for hydroxylation is 2. The summed E-state index contributed by atoms with van der Waals surface area (Å²) in [6, 6.07) is 12.2. The average molecular weight is 381 g/mol. The number of hydrogen-bond donors (Lipinski definition) is 0. The van der Waals surface area contributed by atoms with Gasteiger partial charge in [-0.15, -0.1) is 0 Å². The Morgan fingerprint density at radius 1 is 0.786 bits per heavy atom. The highest BCUT2D eigenvalue weighted by Crippen LogP contribution is 2.13. The van der Waals surface area contributed by atoms with E-state index in [1.165, 1.54) is 9.80 Å². The van der Waals surface area contributed by atoms with Gasteiger partial charge in [-0.2, -0.15) is 0 Å². The van der Waals surface area contributed by atoms with Gasteiger partial charge in [-0.3, -0.25) is 9.59 Å². The highest BCUT2D eigenvalue weighted by Gasteiger charge is 2.19. The van der Waals surface area contributed by atoms with Crippen LogP contribution in [0.15, 0.2) is 51.3 Å². The summed E-state index contributed by atoms with van der Waals surface area (Å²) in [5.74, 6) is 2.39. The minimum atomic E-state index is -0.284. The predicted octanol–water partition coefficient (Wildman–Crippen LogP) is 3.43. The van der Waals surface area contributed by atoms with Crippen molar-refractivity contribution in [2.45, 2.75) is 26.9 Å². The molecule has 0 aliphatic heterocycles. The summed E-state index contributed by atoms with van der Waals surface area (Å²) in [6.45, 7) is 4.35. The fraction of sp³-hybridized carbons (Fsp3) is 0.286. The van der Waals surface area contributed by atoms with Crippen molar-refractivity contribution >= 4 is 11.8 Å². The molecule has 0 radical (unpaired) electrons. The van der Waals surface area contributed by atoms with Crippen LogP contribution in [0.25, 0.3) is 0 Å². The molecular formula is C21H23N3O4. The topological polar surface area (TPSA) is 79.8 Å². The zero-order valence-electron chi connectivity index (χ0n) is 16.4. The fourth-order valence-electron chi connectivity index (χ4n) is 2.82. The molecule has 0 bridgehead atoms. The molecule has 0 saturated carbocycles. The number of furan rings is 2. The molecule has 0 aliphatic rings. The van der Waals surface area contributed by atoms with E-state index in [4.69, 9.17) is 8.83 Å². The first-order valence-electron chi connectivity index (χ1n) is 8.92. The van der Waals surface area contributed by atoms with Gasteiger partial charge < -0.3 is 18.6 Å². The van der Waals surface area contributed by atoms with E-state index in [2.05, 4.69) is 4.98 Å². The van der Waals surface area contributed by atoms with Crippen LogP contribution in [0, 0.1) is 13.8 Å². The molecular weight excluding hydrogens is 358 g/mol. The molecule has 2 amide bonds. The van der Waals surface area contributed by atoms with Gasteiger partial charge in [0.25, 0.3) is 11.8 Å². The molecule has 0 aromatic carbocycles. The molecule has 7 nitrogen and oxygen atoms in total. The molecule has 28 heavy (non-hydrogen) atoms. The summed E-state index contributed by atoms with van der Waals surface area (Å²) in [5.41, 5.74) is 0.415. The van der Waals surface area contributed by atoms with Gasteiger partial charge in [0.1, 0.15) is 34.4 Å². The van der Waals surface area contributed by atoms with Crippen molar-refractivity contribution in [1.82, 2.24) is 14.8 Å². The predicted molar refractivity (Wildman–Crippen MR) is 103 cm³/mol. The Morgan fingerprint density at radius 3 is 1.57 bits per heavy atom. The molecule has 0 spiro atoms. The van der Waals surface area contributed by atoms with E-state index in [0.717, 1.165) is 11.5 Å². The van der Waals surface area contributed by atoms with Gasteiger partial charge in [0.15, 0.2) is 0 Å². The zero-order chi connectivity index (χ0) is 20.3. The Bertz CT molecular complexity index is 913. The molecule has 0 N–H and O–H groups in total. The van der Waals surface area contributed by atoms with Crippen molar-refractivity contribution in [3.05, 3.63) is 76.9 Å². The minimum absolute atomic E-state index is 0.207. The van der Waals surface area contributed by atoms with Crippen LogP contribution in [0.4, 0.5) is 0 Å². The van der Waals surface area contributed by atoms with E-state index in [0.29, 0.717) is 24.6 Å². The maximum atomic E-state index is 12.7.